The summed E-state index contributed by atoms with van der Waals surface area (Å²) < 4.78 is 35.9. The third kappa shape index (κ3) is 5.62. The number of hydrogen-bond donors (Lipinski definition) is 5. The van der Waals surface area contributed by atoms with Crippen LogP contribution < -0.4 is 32.3 Å². The first-order chi connectivity index (χ1) is 19.2. The summed E-state index contributed by atoms with van der Waals surface area (Å²) in [5, 5.41) is 6.89. The van der Waals surface area contributed by atoms with Gasteiger partial charge in [-0.05, 0) is 18.2 Å². The van der Waals surface area contributed by atoms with E-state index >= 15 is 0 Å². The minimum atomic E-state index is -1.42. The van der Waals surface area contributed by atoms with Gasteiger partial charge < -0.3 is 25.3 Å². The summed E-state index contributed by atoms with van der Waals surface area (Å²) in [6.07, 6.45) is -0.180. The number of carbonyl (C=O) groups excluding carboxylic acids is 3. The third-order valence-electron chi connectivity index (χ3n) is 6.61. The molecule has 0 radical (unpaired) electrons. The lowest BCUT2D eigenvalue weighted by atomic mass is 10.1. The molecule has 0 saturated carbocycles. The Bertz CT molecular complexity index is 1510. The molecule has 0 spiro atoms. The molecule has 0 bridgehead atoms. The summed E-state index contributed by atoms with van der Waals surface area (Å²) in [6.45, 7) is -0.651. The number of hydrogen-bond acceptors (Lipinski definition) is 8. The van der Waals surface area contributed by atoms with Crippen molar-refractivity contribution in [2.75, 3.05) is 13.2 Å². The van der Waals surface area contributed by atoms with Crippen molar-refractivity contribution < 1.29 is 27.9 Å². The molecule has 5 rings (SSSR count). The normalized spacial score (nSPS) is 18.3. The fourth-order valence-corrected chi connectivity index (χ4v) is 4.86. The van der Waals surface area contributed by atoms with Crippen molar-refractivity contribution >= 4 is 46.1 Å². The van der Waals surface area contributed by atoms with Crippen molar-refractivity contribution in [1.29, 1.82) is 0 Å². The van der Waals surface area contributed by atoms with Gasteiger partial charge >= 0.3 is 0 Å². The Morgan fingerprint density at radius 2 is 2.08 bits per heavy atom. The fourth-order valence-electron chi connectivity index (χ4n) is 4.66. The maximum absolute atomic E-state index is 14.4. The molecule has 1 fully saturated rings. The van der Waals surface area contributed by atoms with Crippen molar-refractivity contribution in [2.24, 2.45) is 10.8 Å². The lowest BCUT2D eigenvalue weighted by Crippen LogP contribution is -2.46. The summed E-state index contributed by atoms with van der Waals surface area (Å²) in [6, 6.07) is 8.23. The van der Waals surface area contributed by atoms with Gasteiger partial charge in [-0.2, -0.15) is 0 Å². The number of nitrogens with one attached hydrogen (secondary N) is 4. The second-order valence-corrected chi connectivity index (χ2v) is 9.66. The molecular weight excluding hydrogens is 550 g/mol. The minimum Gasteiger partial charge on any atom is -0.485 e. The summed E-state index contributed by atoms with van der Waals surface area (Å²) in [5.41, 5.74) is 14.2. The summed E-state index contributed by atoms with van der Waals surface area (Å²) >= 11 is 5.79. The Morgan fingerprint density at radius 1 is 1.25 bits per heavy atom. The highest BCUT2D eigenvalue weighted by atomic mass is 35.5. The molecule has 3 aromatic rings. The monoisotopic (exact) mass is 574 g/mol. The molecule has 210 valence electrons. The number of aromatic nitrogens is 1. The zero-order valence-electron chi connectivity index (χ0n) is 20.9. The van der Waals surface area contributed by atoms with Gasteiger partial charge in [0.15, 0.2) is 5.84 Å². The van der Waals surface area contributed by atoms with E-state index in [1.807, 2.05) is 0 Å². The average Bonchev–Trinajstić information content (AvgIpc) is 3.67. The SMILES string of the molecule is NC(=O)c1cn(CC(=O)N2C[C@H](F)C[C@H]2C(=O)NCc2cccc(Cl)c2F)c2cc(OCC3=NNNN3)ccc12. The summed E-state index contributed by atoms with van der Waals surface area (Å²) in [5.74, 6) is -1.59. The van der Waals surface area contributed by atoms with Gasteiger partial charge in [0.1, 0.15) is 36.9 Å². The molecule has 2 atom stereocenters. The molecule has 6 N–H and O–H groups in total. The topological polar surface area (TPSA) is 155 Å². The van der Waals surface area contributed by atoms with E-state index in [0.29, 0.717) is 22.5 Å². The van der Waals surface area contributed by atoms with Gasteiger partial charge in [-0.3, -0.25) is 19.8 Å². The molecular formula is C25H25ClF2N8O4. The van der Waals surface area contributed by atoms with Crippen LogP contribution in [-0.2, 0) is 22.7 Å². The van der Waals surface area contributed by atoms with Crippen LogP contribution in [0.2, 0.25) is 5.02 Å². The van der Waals surface area contributed by atoms with Crippen molar-refractivity contribution in [2.45, 2.75) is 31.7 Å². The zero-order chi connectivity index (χ0) is 28.4. The van der Waals surface area contributed by atoms with E-state index in [1.165, 1.54) is 22.9 Å². The van der Waals surface area contributed by atoms with Crippen LogP contribution in [0.25, 0.3) is 10.9 Å². The first-order valence-electron chi connectivity index (χ1n) is 12.2. The first kappa shape index (κ1) is 27.1. The highest BCUT2D eigenvalue weighted by Crippen LogP contribution is 2.28. The largest absolute Gasteiger partial charge is 0.485 e. The summed E-state index contributed by atoms with van der Waals surface area (Å²) in [4.78, 5) is 39.5. The highest BCUT2D eigenvalue weighted by Gasteiger charge is 2.39. The maximum atomic E-state index is 14.4. The van der Waals surface area contributed by atoms with Crippen LogP contribution in [0, 0.1) is 5.82 Å². The second-order valence-electron chi connectivity index (χ2n) is 9.25. The number of amidine groups is 1. The molecule has 2 aromatic carbocycles. The van der Waals surface area contributed by atoms with E-state index in [-0.39, 0.29) is 48.8 Å². The molecule has 12 nitrogen and oxygen atoms in total. The standard InChI is InChI=1S/C25H25ClF2N8O4/c26-18-3-1-2-13(23(18)28)8-30-25(39)20-6-14(27)9-36(20)22(37)11-35-10-17(24(29)38)16-5-4-15(7-19(16)35)40-12-21-31-33-34-32-21/h1-5,7,10,14,20,33-34H,6,8-9,11-12H2,(H2,29,38)(H,30,39)(H,31,32)/t14-,20+/m1/s1. The van der Waals surface area contributed by atoms with Gasteiger partial charge in [0, 0.05) is 36.2 Å². The minimum absolute atomic E-state index is 0.0888. The van der Waals surface area contributed by atoms with Crippen LogP contribution in [0.1, 0.15) is 22.3 Å². The molecule has 3 amide bonds. The predicted molar refractivity (Wildman–Crippen MR) is 141 cm³/mol. The van der Waals surface area contributed by atoms with Crippen LogP contribution >= 0.6 is 11.6 Å². The van der Waals surface area contributed by atoms with Crippen molar-refractivity contribution in [3.8, 4) is 5.75 Å². The molecule has 40 heavy (non-hydrogen) atoms. The fraction of sp³-hybridized carbons (Fsp3) is 0.280. The Hall–Kier alpha value is -4.43. The third-order valence-corrected chi connectivity index (χ3v) is 6.90. The number of primary amides is 1. The number of ether oxygens (including phenoxy) is 1. The predicted octanol–water partition coefficient (Wildman–Crippen LogP) is 1.09. The van der Waals surface area contributed by atoms with Crippen LogP contribution in [-0.4, -0.2) is 58.4 Å². The number of fused-ring (bicyclic) bond motifs is 1. The zero-order valence-corrected chi connectivity index (χ0v) is 21.7. The van der Waals surface area contributed by atoms with E-state index in [1.54, 1.807) is 24.3 Å². The van der Waals surface area contributed by atoms with E-state index < -0.39 is 35.8 Å². The van der Waals surface area contributed by atoms with E-state index in [2.05, 4.69) is 26.9 Å². The van der Waals surface area contributed by atoms with Gasteiger partial charge in [0.25, 0.3) is 5.91 Å². The number of likely N-dealkylation sites (tertiary alicyclic amines) is 1. The lowest BCUT2D eigenvalue weighted by Gasteiger charge is -2.24. The Labute approximate surface area is 231 Å². The molecule has 2 aliphatic rings. The lowest BCUT2D eigenvalue weighted by molar-refractivity contribution is -0.139. The Morgan fingerprint density at radius 3 is 2.83 bits per heavy atom. The smallest absolute Gasteiger partial charge is 0.250 e. The quantitative estimate of drug-likeness (QED) is 0.256. The second kappa shape index (κ2) is 11.4. The van der Waals surface area contributed by atoms with Crippen molar-refractivity contribution in [3.05, 3.63) is 64.6 Å². The first-order valence-corrected chi connectivity index (χ1v) is 12.6. The molecule has 0 unspecified atom stereocenters. The van der Waals surface area contributed by atoms with E-state index in [4.69, 9.17) is 22.1 Å². The number of hydrazone groups is 1. The Kier molecular flexibility index (Phi) is 7.71. The van der Waals surface area contributed by atoms with E-state index in [0.717, 1.165) is 4.90 Å². The molecule has 15 heteroatoms. The number of nitrogens with zero attached hydrogens (tertiary/aromatic N) is 3. The van der Waals surface area contributed by atoms with Crippen LogP contribution in [0.4, 0.5) is 8.78 Å². The van der Waals surface area contributed by atoms with Gasteiger partial charge in [-0.15, -0.1) is 10.6 Å². The van der Waals surface area contributed by atoms with Crippen LogP contribution in [0.15, 0.2) is 47.7 Å². The number of amides is 3. The van der Waals surface area contributed by atoms with E-state index in [9.17, 15) is 23.2 Å². The molecule has 3 heterocycles. The Balaban J connectivity index is 1.33. The van der Waals surface area contributed by atoms with Crippen LogP contribution in [0.3, 0.4) is 0 Å². The van der Waals surface area contributed by atoms with Gasteiger partial charge in [-0.25, -0.2) is 14.3 Å². The number of benzene rings is 2. The van der Waals surface area contributed by atoms with Gasteiger partial charge in [0.2, 0.25) is 11.8 Å². The van der Waals surface area contributed by atoms with Crippen molar-refractivity contribution in [3.63, 3.8) is 0 Å². The number of halogens is 3. The average molecular weight is 575 g/mol. The molecule has 1 aromatic heterocycles. The highest BCUT2D eigenvalue weighted by molar-refractivity contribution is 6.30. The maximum Gasteiger partial charge on any atom is 0.250 e. The number of rotatable bonds is 9. The van der Waals surface area contributed by atoms with Gasteiger partial charge in [-0.1, -0.05) is 23.7 Å². The molecule has 1 saturated heterocycles. The number of alkyl halides is 1. The molecule has 2 aliphatic heterocycles. The molecule has 0 aliphatic carbocycles. The van der Waals surface area contributed by atoms with Gasteiger partial charge in [0.05, 0.1) is 22.6 Å². The number of nitrogens with two attached hydrogens (primary N) is 1. The van der Waals surface area contributed by atoms with Crippen molar-refractivity contribution in [1.82, 2.24) is 31.3 Å². The number of hydrazine groups is 2. The number of carbonyl (C=O) groups is 3. The van der Waals surface area contributed by atoms with Crippen LogP contribution in [0.5, 0.6) is 5.75 Å². The summed E-state index contributed by atoms with van der Waals surface area (Å²) in [7, 11) is 0.